The molecule has 3 rings (SSSR count). The Hall–Kier alpha value is -2.91. The maximum atomic E-state index is 12.9. The average Bonchev–Trinajstić information content (AvgIpc) is 2.72. The molecule has 2 amide bonds. The van der Waals surface area contributed by atoms with Crippen molar-refractivity contribution in [2.45, 2.75) is 6.92 Å². The number of amides is 2. The molecule has 0 bridgehead atoms. The van der Waals surface area contributed by atoms with Crippen LogP contribution in [-0.4, -0.2) is 64.2 Å². The number of sulfonamides is 1. The zero-order chi connectivity index (χ0) is 21.7. The van der Waals surface area contributed by atoms with Crippen LogP contribution in [0.15, 0.2) is 48.5 Å². The summed E-state index contributed by atoms with van der Waals surface area (Å²) in [7, 11) is -3.68. The first-order chi connectivity index (χ1) is 14.3. The van der Waals surface area contributed by atoms with E-state index in [-0.39, 0.29) is 5.91 Å². The maximum Gasteiger partial charge on any atom is 0.256 e. The largest absolute Gasteiger partial charge is 0.378 e. The van der Waals surface area contributed by atoms with Crippen LogP contribution >= 0.6 is 0 Å². The van der Waals surface area contributed by atoms with E-state index >= 15 is 0 Å². The highest BCUT2D eigenvalue weighted by Crippen LogP contribution is 2.21. The first kappa shape index (κ1) is 21.8. The number of rotatable bonds is 6. The second-order valence-electron chi connectivity index (χ2n) is 7.11. The molecule has 30 heavy (non-hydrogen) atoms. The number of hydrogen-bond donors (Lipinski definition) is 1. The summed E-state index contributed by atoms with van der Waals surface area (Å²) in [4.78, 5) is 27.2. The van der Waals surface area contributed by atoms with E-state index in [0.29, 0.717) is 43.2 Å². The minimum atomic E-state index is -3.68. The van der Waals surface area contributed by atoms with Gasteiger partial charge in [0.1, 0.15) is 6.54 Å². The Labute approximate surface area is 176 Å². The lowest BCUT2D eigenvalue weighted by Crippen LogP contribution is -2.41. The Morgan fingerprint density at radius 1 is 1.10 bits per heavy atom. The third-order valence-corrected chi connectivity index (χ3v) is 5.85. The third kappa shape index (κ3) is 5.37. The Kier molecular flexibility index (Phi) is 6.73. The van der Waals surface area contributed by atoms with Crippen molar-refractivity contribution in [1.29, 1.82) is 0 Å². The molecule has 0 unspecified atom stereocenters. The number of carbonyl (C=O) groups excluding carboxylic acids is 2. The molecule has 1 heterocycles. The van der Waals surface area contributed by atoms with Crippen molar-refractivity contribution in [2.75, 3.05) is 48.7 Å². The van der Waals surface area contributed by atoms with Gasteiger partial charge in [-0.15, -0.1) is 0 Å². The Morgan fingerprint density at radius 2 is 1.80 bits per heavy atom. The number of benzene rings is 2. The number of para-hydroxylation sites is 1. The van der Waals surface area contributed by atoms with Crippen LogP contribution in [0.1, 0.15) is 15.9 Å². The van der Waals surface area contributed by atoms with Crippen molar-refractivity contribution in [1.82, 2.24) is 4.90 Å². The van der Waals surface area contributed by atoms with Crippen molar-refractivity contribution in [3.05, 3.63) is 59.7 Å². The van der Waals surface area contributed by atoms with Gasteiger partial charge < -0.3 is 15.0 Å². The second kappa shape index (κ2) is 9.27. The van der Waals surface area contributed by atoms with E-state index in [9.17, 15) is 18.0 Å². The number of hydrogen-bond acceptors (Lipinski definition) is 5. The van der Waals surface area contributed by atoms with Crippen LogP contribution in [0.3, 0.4) is 0 Å². The molecule has 0 atom stereocenters. The Bertz CT molecular complexity index is 1030. The SMILES string of the molecule is Cc1cccc(N(CC(=O)Nc2ccccc2C(=O)N2CCOCC2)S(C)(=O)=O)c1. The maximum absolute atomic E-state index is 12.9. The summed E-state index contributed by atoms with van der Waals surface area (Å²) in [5, 5.41) is 2.69. The lowest BCUT2D eigenvalue weighted by Gasteiger charge is -2.27. The molecule has 160 valence electrons. The van der Waals surface area contributed by atoms with Gasteiger partial charge in [0.05, 0.1) is 36.4 Å². The molecule has 0 radical (unpaired) electrons. The summed E-state index contributed by atoms with van der Waals surface area (Å²) in [5.41, 5.74) is 1.99. The summed E-state index contributed by atoms with van der Waals surface area (Å²) in [6, 6.07) is 13.6. The molecular weight excluding hydrogens is 406 g/mol. The normalized spacial score (nSPS) is 14.3. The number of nitrogens with zero attached hydrogens (tertiary/aromatic N) is 2. The van der Waals surface area contributed by atoms with E-state index < -0.39 is 22.5 Å². The lowest BCUT2D eigenvalue weighted by atomic mass is 10.1. The highest BCUT2D eigenvalue weighted by molar-refractivity contribution is 7.92. The van der Waals surface area contributed by atoms with Gasteiger partial charge in [-0.3, -0.25) is 13.9 Å². The fourth-order valence-corrected chi connectivity index (χ4v) is 4.07. The molecule has 0 spiro atoms. The monoisotopic (exact) mass is 431 g/mol. The summed E-state index contributed by atoms with van der Waals surface area (Å²) < 4.78 is 30.9. The summed E-state index contributed by atoms with van der Waals surface area (Å²) in [6.07, 6.45) is 1.05. The van der Waals surface area contributed by atoms with Crippen LogP contribution in [0, 0.1) is 6.92 Å². The molecule has 8 nitrogen and oxygen atoms in total. The number of carbonyl (C=O) groups is 2. The van der Waals surface area contributed by atoms with Crippen LogP contribution in [0.2, 0.25) is 0 Å². The van der Waals surface area contributed by atoms with Gasteiger partial charge in [-0.05, 0) is 36.8 Å². The molecule has 1 saturated heterocycles. The molecule has 1 aliphatic rings. The van der Waals surface area contributed by atoms with Crippen LogP contribution in [0.25, 0.3) is 0 Å². The molecule has 1 N–H and O–H groups in total. The molecule has 2 aromatic carbocycles. The minimum Gasteiger partial charge on any atom is -0.378 e. The van der Waals surface area contributed by atoms with Crippen molar-refractivity contribution in [3.63, 3.8) is 0 Å². The van der Waals surface area contributed by atoms with Crippen LogP contribution in [-0.2, 0) is 19.6 Å². The zero-order valence-electron chi connectivity index (χ0n) is 17.0. The number of morpholine rings is 1. The third-order valence-electron chi connectivity index (χ3n) is 4.71. The fraction of sp³-hybridized carbons (Fsp3) is 0.333. The molecule has 0 aliphatic carbocycles. The first-order valence-electron chi connectivity index (χ1n) is 9.56. The lowest BCUT2D eigenvalue weighted by molar-refractivity contribution is -0.114. The number of aryl methyl sites for hydroxylation is 1. The van der Waals surface area contributed by atoms with Gasteiger partial charge in [-0.2, -0.15) is 0 Å². The van der Waals surface area contributed by atoms with Gasteiger partial charge >= 0.3 is 0 Å². The smallest absolute Gasteiger partial charge is 0.256 e. The van der Waals surface area contributed by atoms with Gasteiger partial charge in [0.25, 0.3) is 5.91 Å². The van der Waals surface area contributed by atoms with Crippen LogP contribution < -0.4 is 9.62 Å². The molecule has 1 aliphatic heterocycles. The molecule has 0 saturated carbocycles. The standard InChI is InChI=1S/C21H25N3O5S/c1-16-6-5-7-17(14-16)24(30(2,27)28)15-20(25)22-19-9-4-3-8-18(19)21(26)23-10-12-29-13-11-23/h3-9,14H,10-13,15H2,1-2H3,(H,22,25). The molecular formula is C21H25N3O5S. The van der Waals surface area contributed by atoms with Gasteiger partial charge in [0.15, 0.2) is 0 Å². The van der Waals surface area contributed by atoms with Crippen LogP contribution in [0.5, 0.6) is 0 Å². The fourth-order valence-electron chi connectivity index (χ4n) is 3.22. The minimum absolute atomic E-state index is 0.201. The number of anilines is 2. The highest BCUT2D eigenvalue weighted by atomic mass is 32.2. The summed E-state index contributed by atoms with van der Waals surface area (Å²) in [5.74, 6) is -0.739. The van der Waals surface area contributed by atoms with Crippen molar-refractivity contribution < 1.29 is 22.7 Å². The average molecular weight is 432 g/mol. The van der Waals surface area contributed by atoms with E-state index in [1.54, 1.807) is 47.4 Å². The van der Waals surface area contributed by atoms with E-state index in [0.717, 1.165) is 16.1 Å². The van der Waals surface area contributed by atoms with E-state index in [2.05, 4.69) is 5.32 Å². The molecule has 1 fully saturated rings. The molecule has 0 aromatic heterocycles. The summed E-state index contributed by atoms with van der Waals surface area (Å²) >= 11 is 0. The Morgan fingerprint density at radius 3 is 2.47 bits per heavy atom. The van der Waals surface area contributed by atoms with Gasteiger partial charge in [0, 0.05) is 13.1 Å². The van der Waals surface area contributed by atoms with Gasteiger partial charge in [-0.25, -0.2) is 8.42 Å². The number of nitrogens with one attached hydrogen (secondary N) is 1. The summed E-state index contributed by atoms with van der Waals surface area (Å²) in [6.45, 7) is 3.35. The topological polar surface area (TPSA) is 96.0 Å². The quantitative estimate of drug-likeness (QED) is 0.753. The Balaban J connectivity index is 1.79. The van der Waals surface area contributed by atoms with Crippen molar-refractivity contribution >= 4 is 33.2 Å². The van der Waals surface area contributed by atoms with Crippen molar-refractivity contribution in [2.24, 2.45) is 0 Å². The van der Waals surface area contributed by atoms with E-state index in [1.807, 2.05) is 13.0 Å². The second-order valence-corrected chi connectivity index (χ2v) is 9.01. The highest BCUT2D eigenvalue weighted by Gasteiger charge is 2.24. The predicted octanol–water partition coefficient (Wildman–Crippen LogP) is 1.87. The molecule has 2 aromatic rings. The zero-order valence-corrected chi connectivity index (χ0v) is 17.8. The van der Waals surface area contributed by atoms with E-state index in [4.69, 9.17) is 4.74 Å². The van der Waals surface area contributed by atoms with Crippen LogP contribution in [0.4, 0.5) is 11.4 Å². The predicted molar refractivity (Wildman–Crippen MR) is 115 cm³/mol. The first-order valence-corrected chi connectivity index (χ1v) is 11.4. The van der Waals surface area contributed by atoms with Crippen molar-refractivity contribution in [3.8, 4) is 0 Å². The van der Waals surface area contributed by atoms with E-state index in [1.165, 1.54) is 0 Å². The van der Waals surface area contributed by atoms with Gasteiger partial charge in [-0.1, -0.05) is 24.3 Å². The number of ether oxygens (including phenoxy) is 1. The van der Waals surface area contributed by atoms with Gasteiger partial charge in [0.2, 0.25) is 15.9 Å². The molecule has 9 heteroatoms.